The van der Waals surface area contributed by atoms with Crippen molar-refractivity contribution < 1.29 is 13.6 Å². The molecule has 1 spiro atoms. The van der Waals surface area contributed by atoms with Crippen molar-refractivity contribution in [1.82, 2.24) is 9.97 Å². The predicted octanol–water partition coefficient (Wildman–Crippen LogP) is 3.92. The molecule has 6 heteroatoms. The molecule has 126 valence electrons. The number of fused-ring (bicyclic) bond motifs is 3. The fraction of sp³-hybridized carbons (Fsp3) is 0.263. The van der Waals surface area contributed by atoms with E-state index in [0.717, 1.165) is 19.3 Å². The van der Waals surface area contributed by atoms with Gasteiger partial charge in [-0.25, -0.2) is 13.8 Å². The zero-order chi connectivity index (χ0) is 17.2. The standard InChI is InChI=1S/C19H15F2N3O/c20-11-7-12(17-14(8-11)22-10-23-17)18(25)24-9-19(5-2-6-19)16-13(21)3-1-4-15(16)24/h1,3-4,7-8,10H,2,5-6,9H2,(H,22,23). The maximum absolute atomic E-state index is 14.5. The average molecular weight is 339 g/mol. The summed E-state index contributed by atoms with van der Waals surface area (Å²) >= 11 is 0. The summed E-state index contributed by atoms with van der Waals surface area (Å²) in [5, 5.41) is 0. The van der Waals surface area contributed by atoms with Crippen molar-refractivity contribution >= 4 is 22.6 Å². The normalized spacial score (nSPS) is 17.8. The van der Waals surface area contributed by atoms with Crippen LogP contribution >= 0.6 is 0 Å². The largest absolute Gasteiger partial charge is 0.344 e. The Hall–Kier alpha value is -2.76. The number of benzene rings is 2. The molecule has 3 aromatic rings. The van der Waals surface area contributed by atoms with E-state index in [1.165, 1.54) is 24.5 Å². The molecule has 25 heavy (non-hydrogen) atoms. The lowest BCUT2D eigenvalue weighted by atomic mass is 9.65. The van der Waals surface area contributed by atoms with Crippen molar-refractivity contribution in [3.63, 3.8) is 0 Å². The summed E-state index contributed by atoms with van der Waals surface area (Å²) in [6.45, 7) is 0.435. The van der Waals surface area contributed by atoms with Gasteiger partial charge in [0.1, 0.15) is 17.2 Å². The molecule has 1 N–H and O–H groups in total. The molecule has 4 nitrogen and oxygen atoms in total. The lowest BCUT2D eigenvalue weighted by molar-refractivity contribution is 0.0980. The van der Waals surface area contributed by atoms with E-state index in [0.29, 0.717) is 28.8 Å². The van der Waals surface area contributed by atoms with Crippen molar-refractivity contribution in [3.05, 3.63) is 59.4 Å². The van der Waals surface area contributed by atoms with Gasteiger partial charge in [-0.15, -0.1) is 0 Å². The quantitative estimate of drug-likeness (QED) is 0.730. The number of aromatic amines is 1. The number of aromatic nitrogens is 2. The van der Waals surface area contributed by atoms with Gasteiger partial charge < -0.3 is 9.88 Å². The molecule has 0 radical (unpaired) electrons. The highest BCUT2D eigenvalue weighted by Gasteiger charge is 2.50. The minimum atomic E-state index is -0.503. The second kappa shape index (κ2) is 4.88. The number of halogens is 2. The molecule has 1 aliphatic carbocycles. The van der Waals surface area contributed by atoms with E-state index in [1.54, 1.807) is 17.0 Å². The Balaban J connectivity index is 1.66. The van der Waals surface area contributed by atoms with Crippen LogP contribution in [0.15, 0.2) is 36.7 Å². The van der Waals surface area contributed by atoms with Crippen LogP contribution in [0.2, 0.25) is 0 Å². The molecule has 2 aliphatic rings. The van der Waals surface area contributed by atoms with Gasteiger partial charge in [0, 0.05) is 17.5 Å². The van der Waals surface area contributed by atoms with Crippen LogP contribution < -0.4 is 4.90 Å². The van der Waals surface area contributed by atoms with Crippen LogP contribution in [-0.2, 0) is 5.41 Å². The third-order valence-electron chi connectivity index (χ3n) is 5.55. The van der Waals surface area contributed by atoms with Crippen LogP contribution in [0.25, 0.3) is 11.0 Å². The summed E-state index contributed by atoms with van der Waals surface area (Å²) < 4.78 is 28.4. The molecular formula is C19H15F2N3O. The molecule has 1 amide bonds. The van der Waals surface area contributed by atoms with E-state index in [-0.39, 0.29) is 22.7 Å². The van der Waals surface area contributed by atoms with Crippen molar-refractivity contribution in [1.29, 1.82) is 0 Å². The summed E-state index contributed by atoms with van der Waals surface area (Å²) in [5.74, 6) is -1.11. The van der Waals surface area contributed by atoms with Gasteiger partial charge in [-0.3, -0.25) is 4.79 Å². The molecule has 5 rings (SSSR count). The van der Waals surface area contributed by atoms with Crippen LogP contribution in [0.1, 0.15) is 35.2 Å². The van der Waals surface area contributed by atoms with E-state index >= 15 is 0 Å². The van der Waals surface area contributed by atoms with Gasteiger partial charge >= 0.3 is 0 Å². The van der Waals surface area contributed by atoms with Crippen molar-refractivity contribution in [2.24, 2.45) is 0 Å². The Bertz CT molecular complexity index is 1020. The van der Waals surface area contributed by atoms with Gasteiger partial charge in [-0.2, -0.15) is 0 Å². The van der Waals surface area contributed by atoms with Crippen LogP contribution in [0.5, 0.6) is 0 Å². The number of nitrogens with one attached hydrogen (secondary N) is 1. The summed E-state index contributed by atoms with van der Waals surface area (Å²) in [4.78, 5) is 21.8. The highest BCUT2D eigenvalue weighted by molar-refractivity contribution is 6.13. The summed E-state index contributed by atoms with van der Waals surface area (Å²) in [7, 11) is 0. The number of anilines is 1. The predicted molar refractivity (Wildman–Crippen MR) is 89.7 cm³/mol. The van der Waals surface area contributed by atoms with Crippen LogP contribution in [0.4, 0.5) is 14.5 Å². The molecule has 0 bridgehead atoms. The summed E-state index contributed by atoms with van der Waals surface area (Å²) in [6, 6.07) is 7.34. The molecule has 1 aromatic heterocycles. The topological polar surface area (TPSA) is 49.0 Å². The Morgan fingerprint density at radius 3 is 2.84 bits per heavy atom. The van der Waals surface area contributed by atoms with Crippen LogP contribution in [0, 0.1) is 11.6 Å². The van der Waals surface area contributed by atoms with E-state index in [2.05, 4.69) is 9.97 Å². The Morgan fingerprint density at radius 2 is 2.08 bits per heavy atom. The Labute approximate surface area is 142 Å². The highest BCUT2D eigenvalue weighted by Crippen LogP contribution is 2.53. The van der Waals surface area contributed by atoms with E-state index in [9.17, 15) is 13.6 Å². The van der Waals surface area contributed by atoms with Gasteiger partial charge in [0.05, 0.1) is 23.1 Å². The highest BCUT2D eigenvalue weighted by atomic mass is 19.1. The lowest BCUT2D eigenvalue weighted by Gasteiger charge is -2.39. The number of imidazole rings is 1. The molecular weight excluding hydrogens is 324 g/mol. The maximum Gasteiger partial charge on any atom is 0.260 e. The monoisotopic (exact) mass is 339 g/mol. The minimum absolute atomic E-state index is 0.197. The molecule has 0 saturated heterocycles. The zero-order valence-electron chi connectivity index (χ0n) is 13.4. The number of amides is 1. The minimum Gasteiger partial charge on any atom is -0.344 e. The number of hydrogen-bond donors (Lipinski definition) is 1. The number of carbonyl (C=O) groups excluding carboxylic acids is 1. The Kier molecular flexibility index (Phi) is 2.84. The van der Waals surface area contributed by atoms with Gasteiger partial charge in [-0.1, -0.05) is 12.5 Å². The third-order valence-corrected chi connectivity index (χ3v) is 5.55. The molecule has 1 saturated carbocycles. The van der Waals surface area contributed by atoms with Crippen molar-refractivity contribution in [2.75, 3.05) is 11.4 Å². The molecule has 2 aromatic carbocycles. The third kappa shape index (κ3) is 1.91. The summed E-state index contributed by atoms with van der Waals surface area (Å²) in [5.41, 5.74) is 2.03. The molecule has 1 aliphatic heterocycles. The number of H-pyrrole nitrogens is 1. The van der Waals surface area contributed by atoms with E-state index in [4.69, 9.17) is 0 Å². The smallest absolute Gasteiger partial charge is 0.260 e. The fourth-order valence-corrected chi connectivity index (χ4v) is 4.25. The number of hydrogen-bond acceptors (Lipinski definition) is 2. The molecule has 1 fully saturated rings. The van der Waals surface area contributed by atoms with E-state index in [1.807, 2.05) is 0 Å². The molecule has 2 heterocycles. The molecule has 0 atom stereocenters. The van der Waals surface area contributed by atoms with Gasteiger partial charge in [-0.05, 0) is 37.1 Å². The van der Waals surface area contributed by atoms with Crippen LogP contribution in [0.3, 0.4) is 0 Å². The maximum atomic E-state index is 14.5. The lowest BCUT2D eigenvalue weighted by Crippen LogP contribution is -2.41. The fourth-order valence-electron chi connectivity index (χ4n) is 4.25. The van der Waals surface area contributed by atoms with Gasteiger partial charge in [0.15, 0.2) is 0 Å². The SMILES string of the molecule is O=C(c1cc(F)cc2[nH]cnc12)N1CC2(CCC2)c2c(F)cccc21. The van der Waals surface area contributed by atoms with Gasteiger partial charge in [0.2, 0.25) is 0 Å². The summed E-state index contributed by atoms with van der Waals surface area (Å²) in [6.07, 6.45) is 4.20. The zero-order valence-corrected chi connectivity index (χ0v) is 13.4. The molecule has 0 unspecified atom stereocenters. The first kappa shape index (κ1) is 14.6. The van der Waals surface area contributed by atoms with Crippen molar-refractivity contribution in [2.45, 2.75) is 24.7 Å². The van der Waals surface area contributed by atoms with E-state index < -0.39 is 5.82 Å². The number of rotatable bonds is 1. The average Bonchev–Trinajstić information content (AvgIpc) is 3.15. The Morgan fingerprint density at radius 1 is 1.24 bits per heavy atom. The van der Waals surface area contributed by atoms with Crippen molar-refractivity contribution in [3.8, 4) is 0 Å². The van der Waals surface area contributed by atoms with Crippen LogP contribution in [-0.4, -0.2) is 22.4 Å². The van der Waals surface area contributed by atoms with Gasteiger partial charge in [0.25, 0.3) is 5.91 Å². The first-order chi connectivity index (χ1) is 12.1. The first-order valence-electron chi connectivity index (χ1n) is 8.33. The second-order valence-corrected chi connectivity index (χ2v) is 6.91. The number of nitrogens with zero attached hydrogens (tertiary/aromatic N) is 2. The number of carbonyl (C=O) groups is 1. The second-order valence-electron chi connectivity index (χ2n) is 6.91. The first-order valence-corrected chi connectivity index (χ1v) is 8.33.